The van der Waals surface area contributed by atoms with Crippen molar-refractivity contribution >= 4 is 5.78 Å². The van der Waals surface area contributed by atoms with Crippen LogP contribution in [0.25, 0.3) is 0 Å². The fourth-order valence-electron chi connectivity index (χ4n) is 1.46. The van der Waals surface area contributed by atoms with E-state index >= 15 is 0 Å². The van der Waals surface area contributed by atoms with Crippen molar-refractivity contribution in [2.24, 2.45) is 7.05 Å². The van der Waals surface area contributed by atoms with Gasteiger partial charge in [0.05, 0.1) is 13.3 Å². The lowest BCUT2D eigenvalue weighted by atomic mass is 10.1. The van der Waals surface area contributed by atoms with Crippen molar-refractivity contribution in [3.63, 3.8) is 0 Å². The van der Waals surface area contributed by atoms with E-state index < -0.39 is 6.10 Å². The first-order chi connectivity index (χ1) is 7.15. The van der Waals surface area contributed by atoms with Gasteiger partial charge in [-0.1, -0.05) is 6.92 Å². The van der Waals surface area contributed by atoms with Gasteiger partial charge in [-0.05, 0) is 6.42 Å². The summed E-state index contributed by atoms with van der Waals surface area (Å²) in [6.07, 6.45) is 1.72. The largest absolute Gasteiger partial charge is 0.493 e. The van der Waals surface area contributed by atoms with E-state index in [1.807, 2.05) is 6.92 Å². The Morgan fingerprint density at radius 2 is 2.27 bits per heavy atom. The minimum Gasteiger partial charge on any atom is -0.493 e. The molecule has 0 radical (unpaired) electrons. The summed E-state index contributed by atoms with van der Waals surface area (Å²) in [5.74, 6) is 0.384. The zero-order valence-electron chi connectivity index (χ0n) is 9.48. The van der Waals surface area contributed by atoms with Gasteiger partial charge in [0.15, 0.2) is 5.75 Å². The van der Waals surface area contributed by atoms with Crippen LogP contribution in [0.5, 0.6) is 5.75 Å². The molecule has 84 valence electrons. The molecule has 0 aromatic carbocycles. The molecular weight excluding hydrogens is 196 g/mol. The maximum Gasteiger partial charge on any atom is 0.213 e. The first-order valence-electron chi connectivity index (χ1n) is 4.78. The summed E-state index contributed by atoms with van der Waals surface area (Å²) in [7, 11) is 4.74. The highest BCUT2D eigenvalue weighted by Gasteiger charge is 2.24. The number of ether oxygens (including phenoxy) is 2. The van der Waals surface area contributed by atoms with Crippen LogP contribution in [-0.4, -0.2) is 35.9 Å². The van der Waals surface area contributed by atoms with Gasteiger partial charge in [0.1, 0.15) is 11.8 Å². The predicted octanol–water partition coefficient (Wildman–Crippen LogP) is 1.04. The standard InChI is InChI=1S/C10H16N2O3/c1-5-7(14-3)10(13)9-8(15-4)6-11-12(9)2/h6-7H,5H2,1-4H3. The number of hydrogen-bond acceptors (Lipinski definition) is 4. The predicted molar refractivity (Wildman–Crippen MR) is 55.2 cm³/mol. The Hall–Kier alpha value is -1.36. The Morgan fingerprint density at radius 3 is 2.73 bits per heavy atom. The maximum atomic E-state index is 12.0. The van der Waals surface area contributed by atoms with Crippen LogP contribution in [-0.2, 0) is 11.8 Å². The molecule has 5 nitrogen and oxygen atoms in total. The van der Waals surface area contributed by atoms with Crippen LogP contribution in [0.4, 0.5) is 0 Å². The van der Waals surface area contributed by atoms with Gasteiger partial charge in [-0.2, -0.15) is 5.10 Å². The molecule has 0 fully saturated rings. The molecule has 0 aliphatic rings. The second-order valence-electron chi connectivity index (χ2n) is 3.18. The van der Waals surface area contributed by atoms with E-state index in [2.05, 4.69) is 5.10 Å². The van der Waals surface area contributed by atoms with Crippen molar-refractivity contribution in [2.75, 3.05) is 14.2 Å². The Labute approximate surface area is 89.0 Å². The lowest BCUT2D eigenvalue weighted by molar-refractivity contribution is 0.0583. The zero-order chi connectivity index (χ0) is 11.4. The van der Waals surface area contributed by atoms with Crippen LogP contribution in [0.1, 0.15) is 23.8 Å². The van der Waals surface area contributed by atoms with Gasteiger partial charge in [-0.3, -0.25) is 9.48 Å². The van der Waals surface area contributed by atoms with E-state index in [1.54, 1.807) is 7.05 Å². The van der Waals surface area contributed by atoms with Gasteiger partial charge < -0.3 is 9.47 Å². The monoisotopic (exact) mass is 212 g/mol. The molecule has 0 aliphatic carbocycles. The summed E-state index contributed by atoms with van der Waals surface area (Å²) in [6, 6.07) is 0. The van der Waals surface area contributed by atoms with E-state index in [0.717, 1.165) is 0 Å². The molecule has 15 heavy (non-hydrogen) atoms. The zero-order valence-corrected chi connectivity index (χ0v) is 9.48. The lowest BCUT2D eigenvalue weighted by Gasteiger charge is -2.12. The molecule has 1 aromatic heterocycles. The van der Waals surface area contributed by atoms with Gasteiger partial charge in [-0.15, -0.1) is 0 Å². The molecule has 0 spiro atoms. The first kappa shape index (κ1) is 11.7. The molecule has 0 amide bonds. The van der Waals surface area contributed by atoms with Crippen molar-refractivity contribution in [3.8, 4) is 5.75 Å². The Bertz CT molecular complexity index is 342. The number of methoxy groups -OCH3 is 2. The number of hydrogen-bond donors (Lipinski definition) is 0. The minimum absolute atomic E-state index is 0.100. The van der Waals surface area contributed by atoms with E-state index in [1.165, 1.54) is 25.1 Å². The normalized spacial score (nSPS) is 12.5. The molecule has 1 atom stereocenters. The van der Waals surface area contributed by atoms with Crippen LogP contribution in [0.3, 0.4) is 0 Å². The third kappa shape index (κ3) is 2.18. The van der Waals surface area contributed by atoms with Gasteiger partial charge in [0, 0.05) is 14.2 Å². The smallest absolute Gasteiger partial charge is 0.213 e. The van der Waals surface area contributed by atoms with Crippen LogP contribution in [0.15, 0.2) is 6.20 Å². The van der Waals surface area contributed by atoms with Gasteiger partial charge >= 0.3 is 0 Å². The Balaban J connectivity index is 3.03. The first-order valence-corrected chi connectivity index (χ1v) is 4.78. The number of ketones is 1. The lowest BCUT2D eigenvalue weighted by Crippen LogP contribution is -2.24. The van der Waals surface area contributed by atoms with Crippen LogP contribution < -0.4 is 4.74 Å². The summed E-state index contributed by atoms with van der Waals surface area (Å²) in [5, 5.41) is 3.97. The van der Waals surface area contributed by atoms with Crippen molar-refractivity contribution in [1.29, 1.82) is 0 Å². The molecule has 0 aliphatic heterocycles. The summed E-state index contributed by atoms with van der Waals surface area (Å²) >= 11 is 0. The molecule has 1 unspecified atom stereocenters. The van der Waals surface area contributed by atoms with Gasteiger partial charge in [0.25, 0.3) is 0 Å². The molecule has 0 bridgehead atoms. The third-order valence-corrected chi connectivity index (χ3v) is 2.31. The molecule has 0 N–H and O–H groups in total. The fourth-order valence-corrected chi connectivity index (χ4v) is 1.46. The number of rotatable bonds is 5. The summed E-state index contributed by atoms with van der Waals surface area (Å²) in [4.78, 5) is 12.0. The summed E-state index contributed by atoms with van der Waals surface area (Å²) in [6.45, 7) is 1.90. The maximum absolute atomic E-state index is 12.0. The summed E-state index contributed by atoms with van der Waals surface area (Å²) in [5.41, 5.74) is 0.450. The Morgan fingerprint density at radius 1 is 1.60 bits per heavy atom. The minimum atomic E-state index is -0.436. The van der Waals surface area contributed by atoms with Gasteiger partial charge in [0.2, 0.25) is 5.78 Å². The van der Waals surface area contributed by atoms with Crippen molar-refractivity contribution in [2.45, 2.75) is 19.4 Å². The molecule has 1 aromatic rings. The SMILES string of the molecule is CCC(OC)C(=O)c1c(OC)cnn1C. The second-order valence-corrected chi connectivity index (χ2v) is 3.18. The highest BCUT2D eigenvalue weighted by molar-refractivity contribution is 6.00. The van der Waals surface area contributed by atoms with Gasteiger partial charge in [-0.25, -0.2) is 0 Å². The molecule has 0 saturated heterocycles. The number of carbonyl (C=O) groups excluding carboxylic acids is 1. The van der Waals surface area contributed by atoms with Crippen molar-refractivity contribution in [3.05, 3.63) is 11.9 Å². The highest BCUT2D eigenvalue weighted by Crippen LogP contribution is 2.19. The van der Waals surface area contributed by atoms with Crippen molar-refractivity contribution in [1.82, 2.24) is 9.78 Å². The van der Waals surface area contributed by atoms with E-state index in [9.17, 15) is 4.79 Å². The van der Waals surface area contributed by atoms with E-state index in [-0.39, 0.29) is 5.78 Å². The molecule has 0 saturated carbocycles. The Kier molecular flexibility index (Phi) is 3.85. The molecular formula is C10H16N2O3. The van der Waals surface area contributed by atoms with Crippen molar-refractivity contribution < 1.29 is 14.3 Å². The fraction of sp³-hybridized carbons (Fsp3) is 0.600. The molecule has 1 heterocycles. The molecule has 1 rings (SSSR count). The second kappa shape index (κ2) is 4.93. The third-order valence-electron chi connectivity index (χ3n) is 2.31. The molecule has 5 heteroatoms. The average molecular weight is 212 g/mol. The van der Waals surface area contributed by atoms with E-state index in [4.69, 9.17) is 9.47 Å². The topological polar surface area (TPSA) is 53.4 Å². The number of nitrogens with zero attached hydrogens (tertiary/aromatic N) is 2. The number of aromatic nitrogens is 2. The van der Waals surface area contributed by atoms with Crippen LogP contribution in [0.2, 0.25) is 0 Å². The average Bonchev–Trinajstić information content (AvgIpc) is 2.61. The van der Waals surface area contributed by atoms with E-state index in [0.29, 0.717) is 17.9 Å². The van der Waals surface area contributed by atoms with Crippen LogP contribution in [0, 0.1) is 0 Å². The quantitative estimate of drug-likeness (QED) is 0.684. The highest BCUT2D eigenvalue weighted by atomic mass is 16.5. The summed E-state index contributed by atoms with van der Waals surface area (Å²) < 4.78 is 11.7. The number of aryl methyl sites for hydroxylation is 1. The number of Topliss-reactive ketones (excluding diaryl/α,β-unsaturated/α-hetero) is 1. The number of carbonyl (C=O) groups is 1. The van der Waals surface area contributed by atoms with Crippen LogP contribution >= 0.6 is 0 Å².